The average molecular weight is 381 g/mol. The third kappa shape index (κ3) is 5.47. The monoisotopic (exact) mass is 380 g/mol. The number of sulfonamides is 1. The first-order chi connectivity index (χ1) is 11.8. The van der Waals surface area contributed by atoms with Crippen molar-refractivity contribution in [3.8, 4) is 0 Å². The molecule has 2 rings (SSSR count). The largest absolute Gasteiger partial charge is 0.326 e. The number of carbonyl (C=O) groups excluding carboxylic acids is 1. The van der Waals surface area contributed by atoms with E-state index in [0.717, 1.165) is 11.1 Å². The Bertz CT molecular complexity index is 849. The van der Waals surface area contributed by atoms with Gasteiger partial charge in [-0.25, -0.2) is 8.42 Å². The first kappa shape index (κ1) is 19.3. The Kier molecular flexibility index (Phi) is 6.45. The Hall–Kier alpha value is -2.05. The lowest BCUT2D eigenvalue weighted by molar-refractivity contribution is -0.116. The lowest BCUT2D eigenvalue weighted by Gasteiger charge is -2.12. The van der Waals surface area contributed by atoms with Gasteiger partial charge in [-0.3, -0.25) is 9.52 Å². The van der Waals surface area contributed by atoms with E-state index in [-0.39, 0.29) is 10.8 Å². The summed E-state index contributed by atoms with van der Waals surface area (Å²) in [5.74, 6) is 0.277. The SMILES string of the molecule is Cc1ccc(NS(=O)(=O)c2ccc(NC(=O)CCCCl)cc2)c(C)c1. The topological polar surface area (TPSA) is 75.3 Å². The second-order valence-corrected chi connectivity index (χ2v) is 7.85. The molecular weight excluding hydrogens is 360 g/mol. The van der Waals surface area contributed by atoms with Crippen LogP contribution in [0.15, 0.2) is 47.4 Å². The summed E-state index contributed by atoms with van der Waals surface area (Å²) in [6.45, 7) is 3.80. The molecule has 7 heteroatoms. The van der Waals surface area contributed by atoms with Gasteiger partial charge < -0.3 is 5.32 Å². The van der Waals surface area contributed by atoms with Crippen LogP contribution in [0.2, 0.25) is 0 Å². The third-order valence-electron chi connectivity index (χ3n) is 3.61. The number of nitrogens with one attached hydrogen (secondary N) is 2. The molecule has 0 radical (unpaired) electrons. The molecule has 0 bridgehead atoms. The zero-order chi connectivity index (χ0) is 18.4. The van der Waals surface area contributed by atoms with Gasteiger partial charge in [-0.2, -0.15) is 0 Å². The van der Waals surface area contributed by atoms with E-state index >= 15 is 0 Å². The van der Waals surface area contributed by atoms with Crippen LogP contribution < -0.4 is 10.0 Å². The van der Waals surface area contributed by atoms with Crippen molar-refractivity contribution in [1.29, 1.82) is 0 Å². The maximum absolute atomic E-state index is 12.5. The van der Waals surface area contributed by atoms with E-state index in [1.54, 1.807) is 18.2 Å². The number of benzene rings is 2. The van der Waals surface area contributed by atoms with Crippen molar-refractivity contribution < 1.29 is 13.2 Å². The standard InChI is InChI=1S/C18H21ClN2O3S/c1-13-5-10-17(14(2)12-13)21-25(23,24)16-8-6-15(7-9-16)20-18(22)4-3-11-19/h5-10,12,21H,3-4,11H2,1-2H3,(H,20,22). The Morgan fingerprint density at radius 3 is 2.36 bits per heavy atom. The highest BCUT2D eigenvalue weighted by Gasteiger charge is 2.15. The van der Waals surface area contributed by atoms with Crippen molar-refractivity contribution in [2.45, 2.75) is 31.6 Å². The number of hydrogen-bond donors (Lipinski definition) is 2. The predicted octanol–water partition coefficient (Wildman–Crippen LogP) is 4.06. The van der Waals surface area contributed by atoms with Gasteiger partial charge >= 0.3 is 0 Å². The minimum Gasteiger partial charge on any atom is -0.326 e. The summed E-state index contributed by atoms with van der Waals surface area (Å²) in [4.78, 5) is 11.8. The molecule has 0 atom stereocenters. The molecule has 2 aromatic carbocycles. The zero-order valence-corrected chi connectivity index (χ0v) is 15.7. The van der Waals surface area contributed by atoms with E-state index in [2.05, 4.69) is 10.0 Å². The molecule has 0 saturated heterocycles. The third-order valence-corrected chi connectivity index (χ3v) is 5.26. The fourth-order valence-corrected chi connectivity index (χ4v) is 3.56. The van der Waals surface area contributed by atoms with E-state index in [4.69, 9.17) is 11.6 Å². The lowest BCUT2D eigenvalue weighted by atomic mass is 10.1. The number of carbonyl (C=O) groups is 1. The Morgan fingerprint density at radius 2 is 1.76 bits per heavy atom. The number of halogens is 1. The van der Waals surface area contributed by atoms with Crippen molar-refractivity contribution in [3.63, 3.8) is 0 Å². The van der Waals surface area contributed by atoms with Gasteiger partial charge in [0.25, 0.3) is 10.0 Å². The highest BCUT2D eigenvalue weighted by molar-refractivity contribution is 7.92. The zero-order valence-electron chi connectivity index (χ0n) is 14.2. The summed E-state index contributed by atoms with van der Waals surface area (Å²) in [5.41, 5.74) is 3.01. The molecule has 2 N–H and O–H groups in total. The van der Waals surface area contributed by atoms with E-state index in [0.29, 0.717) is 30.1 Å². The molecule has 5 nitrogen and oxygen atoms in total. The second-order valence-electron chi connectivity index (χ2n) is 5.79. The lowest BCUT2D eigenvalue weighted by Crippen LogP contribution is -2.14. The summed E-state index contributed by atoms with van der Waals surface area (Å²) in [5, 5.41) is 2.71. The predicted molar refractivity (Wildman–Crippen MR) is 102 cm³/mol. The molecule has 134 valence electrons. The highest BCUT2D eigenvalue weighted by atomic mass is 35.5. The van der Waals surface area contributed by atoms with Crippen molar-refractivity contribution in [2.75, 3.05) is 15.9 Å². The molecule has 1 amide bonds. The van der Waals surface area contributed by atoms with Crippen LogP contribution in [-0.4, -0.2) is 20.2 Å². The fourth-order valence-electron chi connectivity index (χ4n) is 2.30. The molecule has 2 aromatic rings. The van der Waals surface area contributed by atoms with Crippen molar-refractivity contribution in [3.05, 3.63) is 53.6 Å². The van der Waals surface area contributed by atoms with Crippen LogP contribution >= 0.6 is 11.6 Å². The van der Waals surface area contributed by atoms with E-state index < -0.39 is 10.0 Å². The normalized spacial score (nSPS) is 11.2. The molecule has 0 heterocycles. The number of anilines is 2. The maximum Gasteiger partial charge on any atom is 0.261 e. The molecule has 0 unspecified atom stereocenters. The van der Waals surface area contributed by atoms with Crippen LogP contribution in [-0.2, 0) is 14.8 Å². The van der Waals surface area contributed by atoms with E-state index in [1.807, 2.05) is 26.0 Å². The summed E-state index contributed by atoms with van der Waals surface area (Å²) in [6.07, 6.45) is 0.928. The van der Waals surface area contributed by atoms with Gasteiger partial charge in [0, 0.05) is 18.0 Å². The van der Waals surface area contributed by atoms with E-state index in [9.17, 15) is 13.2 Å². The second kappa shape index (κ2) is 8.36. The minimum atomic E-state index is -3.69. The molecule has 0 saturated carbocycles. The van der Waals surface area contributed by atoms with Gasteiger partial charge in [-0.05, 0) is 56.2 Å². The van der Waals surface area contributed by atoms with Crippen LogP contribution in [0.5, 0.6) is 0 Å². The van der Waals surface area contributed by atoms with Crippen LogP contribution in [0, 0.1) is 13.8 Å². The van der Waals surface area contributed by atoms with Gasteiger partial charge in [0.2, 0.25) is 5.91 Å². The summed E-state index contributed by atoms with van der Waals surface area (Å²) in [7, 11) is -3.69. The molecule has 0 aliphatic carbocycles. The first-order valence-corrected chi connectivity index (χ1v) is 9.89. The Labute approximate surface area is 153 Å². The Morgan fingerprint density at radius 1 is 1.08 bits per heavy atom. The molecular formula is C18H21ClN2O3S. The van der Waals surface area contributed by atoms with Crippen molar-refractivity contribution in [1.82, 2.24) is 0 Å². The molecule has 0 aliphatic heterocycles. The first-order valence-electron chi connectivity index (χ1n) is 7.88. The van der Waals surface area contributed by atoms with Gasteiger partial charge in [0.1, 0.15) is 0 Å². The molecule has 0 aliphatic rings. The van der Waals surface area contributed by atoms with Crippen LogP contribution in [0.1, 0.15) is 24.0 Å². The number of rotatable bonds is 7. The van der Waals surface area contributed by atoms with Gasteiger partial charge in [0.15, 0.2) is 0 Å². The van der Waals surface area contributed by atoms with Gasteiger partial charge in [0.05, 0.1) is 10.6 Å². The van der Waals surface area contributed by atoms with Gasteiger partial charge in [-0.15, -0.1) is 11.6 Å². The average Bonchev–Trinajstić information content (AvgIpc) is 2.56. The molecule has 0 spiro atoms. The number of hydrogen-bond acceptors (Lipinski definition) is 3. The van der Waals surface area contributed by atoms with Crippen molar-refractivity contribution in [2.24, 2.45) is 0 Å². The van der Waals surface area contributed by atoms with Crippen LogP contribution in [0.3, 0.4) is 0 Å². The quantitative estimate of drug-likeness (QED) is 0.711. The van der Waals surface area contributed by atoms with Crippen molar-refractivity contribution >= 4 is 38.9 Å². The highest BCUT2D eigenvalue weighted by Crippen LogP contribution is 2.21. The summed E-state index contributed by atoms with van der Waals surface area (Å²) in [6, 6.07) is 11.6. The smallest absolute Gasteiger partial charge is 0.261 e. The fraction of sp³-hybridized carbons (Fsp3) is 0.278. The number of aryl methyl sites for hydroxylation is 2. The molecule has 25 heavy (non-hydrogen) atoms. The summed E-state index contributed by atoms with van der Waals surface area (Å²) >= 11 is 5.55. The molecule has 0 aromatic heterocycles. The van der Waals surface area contributed by atoms with E-state index in [1.165, 1.54) is 12.1 Å². The van der Waals surface area contributed by atoms with Crippen LogP contribution in [0.4, 0.5) is 11.4 Å². The number of alkyl halides is 1. The summed E-state index contributed by atoms with van der Waals surface area (Å²) < 4.78 is 27.6. The van der Waals surface area contributed by atoms with Gasteiger partial charge in [-0.1, -0.05) is 17.7 Å². The molecule has 0 fully saturated rings. The minimum absolute atomic E-state index is 0.131. The Balaban J connectivity index is 2.10. The van der Waals surface area contributed by atoms with Crippen LogP contribution in [0.25, 0.3) is 0 Å². The number of amides is 1. The maximum atomic E-state index is 12.5.